The number of hydrogen-bond acceptors (Lipinski definition) is 3. The molecule has 2 N–H and O–H groups in total. The minimum absolute atomic E-state index is 0.138. The molecule has 84 valence electrons. The first kappa shape index (κ1) is 11.7. The van der Waals surface area contributed by atoms with Gasteiger partial charge in [0.2, 0.25) is 5.91 Å². The Balaban J connectivity index is 2.22. The van der Waals surface area contributed by atoms with Crippen LogP contribution in [0.25, 0.3) is 0 Å². The van der Waals surface area contributed by atoms with E-state index in [1.807, 2.05) is 19.9 Å². The molecule has 0 saturated heterocycles. The smallest absolute Gasteiger partial charge is 0.236 e. The highest BCUT2D eigenvalue weighted by molar-refractivity contribution is 5.78. The van der Waals surface area contributed by atoms with E-state index in [-0.39, 0.29) is 5.91 Å². The van der Waals surface area contributed by atoms with E-state index in [1.54, 1.807) is 11.1 Å². The quantitative estimate of drug-likeness (QED) is 0.713. The van der Waals surface area contributed by atoms with Crippen molar-refractivity contribution >= 4 is 5.91 Å². The van der Waals surface area contributed by atoms with Crippen LogP contribution in [0.1, 0.15) is 19.5 Å². The van der Waals surface area contributed by atoms with Gasteiger partial charge in [0, 0.05) is 31.5 Å². The first-order chi connectivity index (χ1) is 7.27. The molecule has 0 saturated carbocycles. The number of aromatic amines is 1. The lowest BCUT2D eigenvalue weighted by molar-refractivity contribution is -0.129. The van der Waals surface area contributed by atoms with Crippen molar-refractivity contribution in [3.63, 3.8) is 0 Å². The molecule has 0 atom stereocenters. The van der Waals surface area contributed by atoms with Crippen LogP contribution in [0.4, 0.5) is 0 Å². The molecule has 0 aliphatic heterocycles. The predicted molar refractivity (Wildman–Crippen MR) is 58.2 cm³/mol. The minimum Gasteiger partial charge on any atom is -0.342 e. The van der Waals surface area contributed by atoms with E-state index in [0.717, 1.165) is 18.8 Å². The van der Waals surface area contributed by atoms with Gasteiger partial charge in [0.25, 0.3) is 0 Å². The maximum absolute atomic E-state index is 11.6. The normalized spacial score (nSPS) is 10.3. The summed E-state index contributed by atoms with van der Waals surface area (Å²) in [4.78, 5) is 13.4. The van der Waals surface area contributed by atoms with Gasteiger partial charge in [0.15, 0.2) is 0 Å². The molecule has 15 heavy (non-hydrogen) atoms. The molecule has 0 fully saturated rings. The Labute approximate surface area is 89.9 Å². The minimum atomic E-state index is 0.138. The lowest BCUT2D eigenvalue weighted by atomic mass is 10.4. The predicted octanol–water partition coefficient (Wildman–Crippen LogP) is 0.368. The summed E-state index contributed by atoms with van der Waals surface area (Å²) >= 11 is 0. The zero-order valence-corrected chi connectivity index (χ0v) is 9.29. The van der Waals surface area contributed by atoms with Crippen LogP contribution >= 0.6 is 0 Å². The third-order valence-electron chi connectivity index (χ3n) is 2.27. The van der Waals surface area contributed by atoms with Gasteiger partial charge >= 0.3 is 0 Å². The molecule has 1 amide bonds. The molecule has 5 nitrogen and oxygen atoms in total. The second-order valence-electron chi connectivity index (χ2n) is 3.25. The maximum atomic E-state index is 11.6. The van der Waals surface area contributed by atoms with Crippen LogP contribution in [0.2, 0.25) is 0 Å². The lowest BCUT2D eigenvalue weighted by Crippen LogP contribution is -2.37. The first-order valence-corrected chi connectivity index (χ1v) is 5.24. The Morgan fingerprint density at radius 2 is 2.27 bits per heavy atom. The fourth-order valence-corrected chi connectivity index (χ4v) is 1.38. The summed E-state index contributed by atoms with van der Waals surface area (Å²) in [6.07, 6.45) is 1.70. The highest BCUT2D eigenvalue weighted by atomic mass is 16.2. The first-order valence-electron chi connectivity index (χ1n) is 5.24. The Kier molecular flexibility index (Phi) is 4.83. The van der Waals surface area contributed by atoms with E-state index >= 15 is 0 Å². The van der Waals surface area contributed by atoms with Gasteiger partial charge in [0.1, 0.15) is 0 Å². The Morgan fingerprint density at radius 3 is 2.80 bits per heavy atom. The second kappa shape index (κ2) is 6.19. The van der Waals surface area contributed by atoms with E-state index in [0.29, 0.717) is 13.1 Å². The number of carbonyl (C=O) groups is 1. The highest BCUT2D eigenvalue weighted by Gasteiger charge is 2.08. The van der Waals surface area contributed by atoms with Gasteiger partial charge in [-0.05, 0) is 19.9 Å². The van der Waals surface area contributed by atoms with E-state index < -0.39 is 0 Å². The largest absolute Gasteiger partial charge is 0.342 e. The summed E-state index contributed by atoms with van der Waals surface area (Å²) in [6, 6.07) is 1.88. The molecule has 0 unspecified atom stereocenters. The summed E-state index contributed by atoms with van der Waals surface area (Å²) in [7, 11) is 0. The van der Waals surface area contributed by atoms with Crippen molar-refractivity contribution in [2.24, 2.45) is 0 Å². The number of likely N-dealkylation sites (N-methyl/N-ethyl adjacent to an activating group) is 1. The fraction of sp³-hybridized carbons (Fsp3) is 0.600. The third-order valence-corrected chi connectivity index (χ3v) is 2.27. The van der Waals surface area contributed by atoms with Crippen LogP contribution in [-0.2, 0) is 11.3 Å². The zero-order chi connectivity index (χ0) is 11.1. The van der Waals surface area contributed by atoms with Crippen molar-refractivity contribution < 1.29 is 4.79 Å². The number of nitrogens with one attached hydrogen (secondary N) is 2. The molecule has 0 aliphatic rings. The maximum Gasteiger partial charge on any atom is 0.236 e. The molecular formula is C10H18N4O. The van der Waals surface area contributed by atoms with Crippen molar-refractivity contribution in [1.82, 2.24) is 20.4 Å². The summed E-state index contributed by atoms with van der Waals surface area (Å²) in [5, 5.41) is 9.73. The average molecular weight is 210 g/mol. The molecular weight excluding hydrogens is 192 g/mol. The Hall–Kier alpha value is -1.36. The molecule has 0 aromatic carbocycles. The lowest BCUT2D eigenvalue weighted by Gasteiger charge is -2.18. The summed E-state index contributed by atoms with van der Waals surface area (Å²) < 4.78 is 0. The molecule has 1 rings (SSSR count). The molecule has 0 radical (unpaired) electrons. The van der Waals surface area contributed by atoms with Gasteiger partial charge in [-0.1, -0.05) is 0 Å². The number of nitrogens with zero attached hydrogens (tertiary/aromatic N) is 2. The summed E-state index contributed by atoms with van der Waals surface area (Å²) in [6.45, 7) is 6.52. The number of carbonyl (C=O) groups excluding carboxylic acids is 1. The monoisotopic (exact) mass is 210 g/mol. The van der Waals surface area contributed by atoms with Crippen molar-refractivity contribution in [2.45, 2.75) is 20.4 Å². The summed E-state index contributed by atoms with van der Waals surface area (Å²) in [5.74, 6) is 0.138. The highest BCUT2D eigenvalue weighted by Crippen LogP contribution is 1.91. The van der Waals surface area contributed by atoms with Crippen LogP contribution in [0.15, 0.2) is 12.3 Å². The van der Waals surface area contributed by atoms with Gasteiger partial charge in [-0.25, -0.2) is 0 Å². The zero-order valence-electron chi connectivity index (χ0n) is 9.29. The van der Waals surface area contributed by atoms with Gasteiger partial charge < -0.3 is 10.2 Å². The molecule has 5 heteroatoms. The Bertz CT molecular complexity index is 280. The third kappa shape index (κ3) is 3.71. The number of rotatable bonds is 6. The van der Waals surface area contributed by atoms with Crippen molar-refractivity contribution in [3.8, 4) is 0 Å². The molecule has 1 aromatic rings. The van der Waals surface area contributed by atoms with Gasteiger partial charge in [0.05, 0.1) is 6.54 Å². The van der Waals surface area contributed by atoms with Crippen LogP contribution in [0, 0.1) is 0 Å². The van der Waals surface area contributed by atoms with Crippen molar-refractivity contribution in [1.29, 1.82) is 0 Å². The topological polar surface area (TPSA) is 61.0 Å². The number of amides is 1. The molecule has 1 aromatic heterocycles. The molecule has 0 bridgehead atoms. The molecule has 1 heterocycles. The number of hydrogen-bond donors (Lipinski definition) is 2. The standard InChI is InChI=1S/C10H18N4O/c1-3-14(4-2)10(15)8-11-7-9-5-6-12-13-9/h5-6,11H,3-4,7-8H2,1-2H3,(H,12,13). The summed E-state index contributed by atoms with van der Waals surface area (Å²) in [5.41, 5.74) is 0.988. The SMILES string of the molecule is CCN(CC)C(=O)CNCc1ccn[nH]1. The number of aromatic nitrogens is 2. The van der Waals surface area contributed by atoms with Crippen LogP contribution in [0.5, 0.6) is 0 Å². The Morgan fingerprint density at radius 1 is 1.53 bits per heavy atom. The van der Waals surface area contributed by atoms with Crippen LogP contribution < -0.4 is 5.32 Å². The van der Waals surface area contributed by atoms with E-state index in [1.165, 1.54) is 0 Å². The van der Waals surface area contributed by atoms with Gasteiger partial charge in [-0.2, -0.15) is 5.10 Å². The van der Waals surface area contributed by atoms with Crippen molar-refractivity contribution in [3.05, 3.63) is 18.0 Å². The number of H-pyrrole nitrogens is 1. The van der Waals surface area contributed by atoms with Gasteiger partial charge in [-0.15, -0.1) is 0 Å². The van der Waals surface area contributed by atoms with E-state index in [9.17, 15) is 4.79 Å². The van der Waals surface area contributed by atoms with Gasteiger partial charge in [-0.3, -0.25) is 9.89 Å². The molecule has 0 aliphatic carbocycles. The average Bonchev–Trinajstić information content (AvgIpc) is 2.72. The van der Waals surface area contributed by atoms with Crippen LogP contribution in [0.3, 0.4) is 0 Å². The molecule has 0 spiro atoms. The van der Waals surface area contributed by atoms with Crippen LogP contribution in [-0.4, -0.2) is 40.6 Å². The van der Waals surface area contributed by atoms with E-state index in [2.05, 4.69) is 15.5 Å². The van der Waals surface area contributed by atoms with Crippen molar-refractivity contribution in [2.75, 3.05) is 19.6 Å². The second-order valence-corrected chi connectivity index (χ2v) is 3.25. The fourth-order valence-electron chi connectivity index (χ4n) is 1.38. The van der Waals surface area contributed by atoms with E-state index in [4.69, 9.17) is 0 Å².